The van der Waals surface area contributed by atoms with Gasteiger partial charge in [0.2, 0.25) is 5.95 Å². The fourth-order valence-corrected chi connectivity index (χ4v) is 4.92. The van der Waals surface area contributed by atoms with Crippen LogP contribution in [0.25, 0.3) is 5.65 Å². The first-order chi connectivity index (χ1) is 17.4. The second-order valence-electron chi connectivity index (χ2n) is 10.4. The first-order valence-corrected chi connectivity index (χ1v) is 12.9. The average Bonchev–Trinajstić information content (AvgIpc) is 3.55. The summed E-state index contributed by atoms with van der Waals surface area (Å²) in [5.41, 5.74) is 2.08. The summed E-state index contributed by atoms with van der Waals surface area (Å²) in [6.07, 6.45) is 12.3. The topological polar surface area (TPSA) is 99.5 Å². The number of pyridine rings is 1. The molecule has 3 heterocycles. The highest BCUT2D eigenvalue weighted by Crippen LogP contribution is 2.32. The summed E-state index contributed by atoms with van der Waals surface area (Å²) in [6, 6.07) is 5.51. The minimum Gasteiger partial charge on any atom is -0.379 e. The van der Waals surface area contributed by atoms with Gasteiger partial charge in [-0.05, 0) is 84.0 Å². The Bertz CT molecular complexity index is 1200. The van der Waals surface area contributed by atoms with E-state index < -0.39 is 11.9 Å². The van der Waals surface area contributed by atoms with Crippen molar-refractivity contribution in [1.82, 2.24) is 24.5 Å². The lowest BCUT2D eigenvalue weighted by atomic mass is 9.83. The zero-order valence-electron chi connectivity index (χ0n) is 21.0. The highest BCUT2D eigenvalue weighted by atomic mass is 19.1. The molecule has 0 aromatic carbocycles. The third kappa shape index (κ3) is 6.10. The zero-order valence-corrected chi connectivity index (χ0v) is 21.0. The highest BCUT2D eigenvalue weighted by molar-refractivity contribution is 6.03. The van der Waals surface area contributed by atoms with Crippen LogP contribution >= 0.6 is 0 Å². The van der Waals surface area contributed by atoms with Crippen LogP contribution in [0.5, 0.6) is 0 Å². The first-order valence-electron chi connectivity index (χ1n) is 12.9. The zero-order chi connectivity index (χ0) is 25.1. The van der Waals surface area contributed by atoms with E-state index in [2.05, 4.69) is 44.9 Å². The number of hydrogen-bond donors (Lipinski definition) is 3. The van der Waals surface area contributed by atoms with Gasteiger partial charge < -0.3 is 20.9 Å². The quantitative estimate of drug-likeness (QED) is 0.359. The Morgan fingerprint density at radius 3 is 2.56 bits per heavy atom. The summed E-state index contributed by atoms with van der Waals surface area (Å²) in [6.45, 7) is 1.15. The highest BCUT2D eigenvalue weighted by Gasteiger charge is 2.26. The second-order valence-corrected chi connectivity index (χ2v) is 10.4. The molecule has 5 rings (SSSR count). The van der Waals surface area contributed by atoms with Crippen LogP contribution in [0.3, 0.4) is 0 Å². The fraction of sp³-hybridized carbons (Fsp3) is 0.538. The Kier molecular flexibility index (Phi) is 7.31. The van der Waals surface area contributed by atoms with Crippen molar-refractivity contribution in [2.75, 3.05) is 36.6 Å². The van der Waals surface area contributed by atoms with Crippen molar-refractivity contribution in [1.29, 1.82) is 0 Å². The largest absolute Gasteiger partial charge is 0.379 e. The molecule has 10 heteroatoms. The average molecular weight is 495 g/mol. The van der Waals surface area contributed by atoms with Crippen LogP contribution in [0.15, 0.2) is 30.6 Å². The number of anilines is 3. The summed E-state index contributed by atoms with van der Waals surface area (Å²) >= 11 is 0. The van der Waals surface area contributed by atoms with E-state index in [-0.39, 0.29) is 5.69 Å². The number of aromatic nitrogens is 4. The number of hydrogen-bond acceptors (Lipinski definition) is 7. The lowest BCUT2D eigenvalue weighted by molar-refractivity contribution is 0.102. The van der Waals surface area contributed by atoms with Crippen molar-refractivity contribution in [3.05, 3.63) is 42.2 Å². The van der Waals surface area contributed by atoms with Gasteiger partial charge in [0.25, 0.3) is 5.91 Å². The van der Waals surface area contributed by atoms with E-state index in [1.807, 2.05) is 6.07 Å². The number of nitrogens with zero attached hydrogens (tertiary/aromatic N) is 5. The lowest BCUT2D eigenvalue weighted by Gasteiger charge is -2.29. The minimum atomic E-state index is -0.654. The third-order valence-corrected chi connectivity index (χ3v) is 7.04. The fourth-order valence-electron chi connectivity index (χ4n) is 4.92. The third-order valence-electron chi connectivity index (χ3n) is 7.04. The molecule has 2 fully saturated rings. The molecule has 0 spiro atoms. The Balaban J connectivity index is 1.30. The first kappa shape index (κ1) is 24.4. The number of halogens is 1. The smallest absolute Gasteiger partial charge is 0.276 e. The maximum atomic E-state index is 13.5. The molecule has 3 aromatic rings. The van der Waals surface area contributed by atoms with Crippen molar-refractivity contribution in [2.45, 2.75) is 63.5 Å². The van der Waals surface area contributed by atoms with Crippen molar-refractivity contribution < 1.29 is 9.18 Å². The van der Waals surface area contributed by atoms with Gasteiger partial charge in [0.1, 0.15) is 5.82 Å². The van der Waals surface area contributed by atoms with E-state index in [0.29, 0.717) is 23.4 Å². The predicted octanol–water partition coefficient (Wildman–Crippen LogP) is 4.40. The maximum Gasteiger partial charge on any atom is 0.276 e. The number of carbonyl (C=O) groups excluding carboxylic acids is 1. The summed E-state index contributed by atoms with van der Waals surface area (Å²) in [5, 5.41) is 14.6. The predicted molar refractivity (Wildman–Crippen MR) is 139 cm³/mol. The van der Waals surface area contributed by atoms with Crippen LogP contribution in [0.4, 0.5) is 21.6 Å². The molecule has 3 aromatic heterocycles. The van der Waals surface area contributed by atoms with Gasteiger partial charge in [0, 0.05) is 36.1 Å². The number of fused-ring (bicyclic) bond motifs is 1. The van der Waals surface area contributed by atoms with E-state index in [9.17, 15) is 9.18 Å². The van der Waals surface area contributed by atoms with Gasteiger partial charge in [0.15, 0.2) is 11.3 Å². The Morgan fingerprint density at radius 2 is 1.83 bits per heavy atom. The number of amides is 1. The van der Waals surface area contributed by atoms with Gasteiger partial charge >= 0.3 is 0 Å². The number of imidazole rings is 1. The summed E-state index contributed by atoms with van der Waals surface area (Å²) in [4.78, 5) is 23.3. The maximum absolute atomic E-state index is 13.5. The molecular formula is C26H35FN8O. The van der Waals surface area contributed by atoms with Crippen LogP contribution < -0.4 is 16.0 Å². The van der Waals surface area contributed by atoms with Gasteiger partial charge in [-0.1, -0.05) is 0 Å². The van der Waals surface area contributed by atoms with Crippen LogP contribution in [0, 0.1) is 11.9 Å². The summed E-state index contributed by atoms with van der Waals surface area (Å²) in [5.74, 6) is 0.462. The molecule has 0 atom stereocenters. The number of carbonyl (C=O) groups is 1. The van der Waals surface area contributed by atoms with E-state index >= 15 is 0 Å². The van der Waals surface area contributed by atoms with Crippen LogP contribution in [0.1, 0.15) is 61.9 Å². The molecule has 2 aliphatic carbocycles. The number of nitrogens with one attached hydrogen (secondary N) is 3. The van der Waals surface area contributed by atoms with Crippen molar-refractivity contribution in [3.63, 3.8) is 0 Å². The molecule has 0 aliphatic heterocycles. The van der Waals surface area contributed by atoms with Gasteiger partial charge in [-0.15, -0.1) is 5.10 Å². The molecule has 3 N–H and O–H groups in total. The Morgan fingerprint density at radius 1 is 1.08 bits per heavy atom. The molecule has 0 unspecified atom stereocenters. The second kappa shape index (κ2) is 10.8. The molecule has 0 radical (unpaired) electrons. The molecule has 36 heavy (non-hydrogen) atoms. The van der Waals surface area contributed by atoms with Crippen molar-refractivity contribution in [3.8, 4) is 0 Å². The van der Waals surface area contributed by atoms with Crippen molar-refractivity contribution >= 4 is 28.7 Å². The molecular weight excluding hydrogens is 459 g/mol. The molecule has 1 amide bonds. The van der Waals surface area contributed by atoms with E-state index in [1.54, 1.807) is 10.6 Å². The number of rotatable bonds is 10. The molecule has 0 bridgehead atoms. The standard InChI is InChI=1S/C26H35FN8O/c1-34(2)13-3-4-17-5-7-19(8-6-17)31-24-15-21(30-18-9-10-18)25-29-16-22(35(25)33-24)26(36)32-20-11-12-28-23(27)14-20/h11-12,14-19,30H,3-10,13H2,1-2H3,(H,31,33)(H,28,32,36). The monoisotopic (exact) mass is 494 g/mol. The summed E-state index contributed by atoms with van der Waals surface area (Å²) < 4.78 is 15.1. The van der Waals surface area contributed by atoms with Gasteiger partial charge in [-0.2, -0.15) is 4.39 Å². The summed E-state index contributed by atoms with van der Waals surface area (Å²) in [7, 11) is 4.26. The molecule has 2 aliphatic rings. The van der Waals surface area contributed by atoms with Crippen molar-refractivity contribution in [2.24, 2.45) is 5.92 Å². The SMILES string of the molecule is CN(C)CCCC1CCC(Nc2cc(NC3CC3)c3ncc(C(=O)Nc4ccnc(F)c4)n3n2)CC1. The van der Waals surface area contributed by atoms with Crippen LogP contribution in [-0.4, -0.2) is 63.1 Å². The van der Waals surface area contributed by atoms with Gasteiger partial charge in [-0.3, -0.25) is 4.79 Å². The van der Waals surface area contributed by atoms with Gasteiger partial charge in [-0.25, -0.2) is 14.5 Å². The van der Waals surface area contributed by atoms with E-state index in [0.717, 1.165) is 49.7 Å². The molecule has 2 saturated carbocycles. The normalized spacial score (nSPS) is 20.0. The minimum absolute atomic E-state index is 0.286. The van der Waals surface area contributed by atoms with E-state index in [4.69, 9.17) is 5.10 Å². The Hall–Kier alpha value is -3.27. The van der Waals surface area contributed by atoms with Crippen LogP contribution in [0.2, 0.25) is 0 Å². The molecule has 192 valence electrons. The molecule has 0 saturated heterocycles. The lowest BCUT2D eigenvalue weighted by Crippen LogP contribution is -2.27. The Labute approximate surface area is 210 Å². The molecule has 9 nitrogen and oxygen atoms in total. The van der Waals surface area contributed by atoms with Gasteiger partial charge in [0.05, 0.1) is 11.9 Å². The van der Waals surface area contributed by atoms with E-state index in [1.165, 1.54) is 44.1 Å². The van der Waals surface area contributed by atoms with Crippen LogP contribution in [-0.2, 0) is 0 Å².